The van der Waals surface area contributed by atoms with Crippen molar-refractivity contribution in [3.63, 3.8) is 0 Å². The lowest BCUT2D eigenvalue weighted by Crippen LogP contribution is -2.53. The highest BCUT2D eigenvalue weighted by molar-refractivity contribution is 4.95. The molecular formula is C14H26N4O2. The molecule has 0 spiro atoms. The van der Waals surface area contributed by atoms with Crippen LogP contribution in [0, 0.1) is 6.92 Å². The van der Waals surface area contributed by atoms with E-state index in [1.54, 1.807) is 7.11 Å². The molecule has 0 aromatic carbocycles. The zero-order valence-corrected chi connectivity index (χ0v) is 13.2. The van der Waals surface area contributed by atoms with E-state index in [1.807, 2.05) is 6.92 Å². The summed E-state index contributed by atoms with van der Waals surface area (Å²) in [5.74, 6) is 2.00. The van der Waals surface area contributed by atoms with Gasteiger partial charge < -0.3 is 14.0 Å². The summed E-state index contributed by atoms with van der Waals surface area (Å²) in [4.78, 5) is 2.38. The average Bonchev–Trinajstić information content (AvgIpc) is 2.68. The quantitative estimate of drug-likeness (QED) is 0.813. The predicted molar refractivity (Wildman–Crippen MR) is 76.5 cm³/mol. The molecule has 0 unspecified atom stereocenters. The van der Waals surface area contributed by atoms with Gasteiger partial charge in [0.25, 0.3) is 0 Å². The SMILES string of the molecule is CCn1c(C)nnc1CN1C[C@H](COC)OC(C)(C)C1. The number of morpholine rings is 1. The molecule has 1 aromatic rings. The van der Waals surface area contributed by atoms with E-state index in [0.717, 1.165) is 37.8 Å². The van der Waals surface area contributed by atoms with Crippen LogP contribution in [-0.2, 0) is 22.6 Å². The molecule has 0 radical (unpaired) electrons. The molecule has 1 atom stereocenters. The molecule has 1 aromatic heterocycles. The van der Waals surface area contributed by atoms with Gasteiger partial charge in [-0.3, -0.25) is 4.90 Å². The second-order valence-corrected chi connectivity index (χ2v) is 6.03. The lowest BCUT2D eigenvalue weighted by molar-refractivity contribution is -0.154. The van der Waals surface area contributed by atoms with Gasteiger partial charge >= 0.3 is 0 Å². The van der Waals surface area contributed by atoms with Gasteiger partial charge in [-0.1, -0.05) is 0 Å². The first-order valence-corrected chi connectivity index (χ1v) is 7.23. The Labute approximate surface area is 121 Å². The average molecular weight is 282 g/mol. The van der Waals surface area contributed by atoms with Gasteiger partial charge in [0, 0.05) is 26.7 Å². The number of ether oxygens (including phenoxy) is 2. The van der Waals surface area contributed by atoms with Crippen molar-refractivity contribution in [2.45, 2.75) is 52.5 Å². The third kappa shape index (κ3) is 3.56. The van der Waals surface area contributed by atoms with Crippen molar-refractivity contribution < 1.29 is 9.47 Å². The first-order valence-electron chi connectivity index (χ1n) is 7.23. The minimum atomic E-state index is -0.159. The second-order valence-electron chi connectivity index (χ2n) is 6.03. The zero-order valence-electron chi connectivity index (χ0n) is 13.2. The summed E-state index contributed by atoms with van der Waals surface area (Å²) in [6.07, 6.45) is 0.114. The van der Waals surface area contributed by atoms with Crippen molar-refractivity contribution in [3.05, 3.63) is 11.6 Å². The Morgan fingerprint density at radius 3 is 2.80 bits per heavy atom. The number of methoxy groups -OCH3 is 1. The fraction of sp³-hybridized carbons (Fsp3) is 0.857. The zero-order chi connectivity index (χ0) is 14.8. The molecule has 1 fully saturated rings. The summed E-state index contributed by atoms with van der Waals surface area (Å²) in [6, 6.07) is 0. The maximum Gasteiger partial charge on any atom is 0.147 e. The highest BCUT2D eigenvalue weighted by Gasteiger charge is 2.33. The molecule has 1 aliphatic heterocycles. The number of hydrogen-bond acceptors (Lipinski definition) is 5. The summed E-state index contributed by atoms with van der Waals surface area (Å²) < 4.78 is 13.4. The Bertz CT molecular complexity index is 444. The molecule has 6 heteroatoms. The number of rotatable bonds is 5. The van der Waals surface area contributed by atoms with Gasteiger partial charge in [-0.05, 0) is 27.7 Å². The summed E-state index contributed by atoms with van der Waals surface area (Å²) in [5, 5.41) is 8.47. The van der Waals surface area contributed by atoms with Crippen molar-refractivity contribution in [2.75, 3.05) is 26.8 Å². The van der Waals surface area contributed by atoms with E-state index < -0.39 is 0 Å². The molecule has 0 N–H and O–H groups in total. The Morgan fingerprint density at radius 2 is 2.15 bits per heavy atom. The van der Waals surface area contributed by atoms with E-state index in [1.165, 1.54) is 0 Å². The smallest absolute Gasteiger partial charge is 0.147 e. The molecule has 1 aliphatic rings. The Balaban J connectivity index is 2.07. The van der Waals surface area contributed by atoms with Crippen LogP contribution in [-0.4, -0.2) is 58.2 Å². The topological polar surface area (TPSA) is 52.4 Å². The monoisotopic (exact) mass is 282 g/mol. The number of aromatic nitrogens is 3. The Morgan fingerprint density at radius 1 is 1.40 bits per heavy atom. The third-order valence-corrected chi connectivity index (χ3v) is 3.60. The van der Waals surface area contributed by atoms with Crippen LogP contribution in [0.1, 0.15) is 32.4 Å². The van der Waals surface area contributed by atoms with Gasteiger partial charge in [0.1, 0.15) is 11.6 Å². The molecule has 2 rings (SSSR count). The fourth-order valence-electron chi connectivity index (χ4n) is 2.96. The van der Waals surface area contributed by atoms with Crippen LogP contribution in [0.3, 0.4) is 0 Å². The highest BCUT2D eigenvalue weighted by atomic mass is 16.5. The number of nitrogens with zero attached hydrogens (tertiary/aromatic N) is 4. The van der Waals surface area contributed by atoms with E-state index >= 15 is 0 Å². The lowest BCUT2D eigenvalue weighted by Gasteiger charge is -2.42. The molecule has 1 saturated heterocycles. The van der Waals surface area contributed by atoms with Crippen LogP contribution in [0.4, 0.5) is 0 Å². The lowest BCUT2D eigenvalue weighted by atomic mass is 10.1. The number of aryl methyl sites for hydroxylation is 1. The van der Waals surface area contributed by atoms with Crippen molar-refractivity contribution in [1.82, 2.24) is 19.7 Å². The molecule has 20 heavy (non-hydrogen) atoms. The standard InChI is InChI=1S/C14H26N4O2/c1-6-18-11(2)15-16-13(18)8-17-7-12(9-19-5)20-14(3,4)10-17/h12H,6-10H2,1-5H3/t12-/m1/s1. The predicted octanol–water partition coefficient (Wildman–Crippen LogP) is 1.23. The maximum absolute atomic E-state index is 6.03. The summed E-state index contributed by atoms with van der Waals surface area (Å²) >= 11 is 0. The molecule has 114 valence electrons. The Hall–Kier alpha value is -0.980. The summed E-state index contributed by atoms with van der Waals surface area (Å²) in [7, 11) is 1.71. The van der Waals surface area contributed by atoms with Gasteiger partial charge in [-0.15, -0.1) is 10.2 Å². The van der Waals surface area contributed by atoms with Gasteiger partial charge in [0.05, 0.1) is 24.9 Å². The van der Waals surface area contributed by atoms with E-state index in [9.17, 15) is 0 Å². The minimum Gasteiger partial charge on any atom is -0.382 e. The third-order valence-electron chi connectivity index (χ3n) is 3.60. The second kappa shape index (κ2) is 6.20. The van der Waals surface area contributed by atoms with Crippen LogP contribution in [0.2, 0.25) is 0 Å². The fourth-order valence-corrected chi connectivity index (χ4v) is 2.96. The van der Waals surface area contributed by atoms with Crippen LogP contribution >= 0.6 is 0 Å². The van der Waals surface area contributed by atoms with Crippen LogP contribution in [0.25, 0.3) is 0 Å². The molecule has 0 amide bonds. The van der Waals surface area contributed by atoms with Crippen molar-refractivity contribution in [2.24, 2.45) is 0 Å². The van der Waals surface area contributed by atoms with Gasteiger partial charge in [-0.25, -0.2) is 0 Å². The van der Waals surface area contributed by atoms with E-state index in [2.05, 4.69) is 40.4 Å². The normalized spacial score (nSPS) is 23.1. The molecule has 2 heterocycles. The van der Waals surface area contributed by atoms with Gasteiger partial charge in [0.2, 0.25) is 0 Å². The van der Waals surface area contributed by atoms with Gasteiger partial charge in [0.15, 0.2) is 0 Å². The Kier molecular flexibility index (Phi) is 4.78. The van der Waals surface area contributed by atoms with Crippen LogP contribution < -0.4 is 0 Å². The van der Waals surface area contributed by atoms with Gasteiger partial charge in [-0.2, -0.15) is 0 Å². The van der Waals surface area contributed by atoms with E-state index in [0.29, 0.717) is 6.61 Å². The van der Waals surface area contributed by atoms with Crippen molar-refractivity contribution >= 4 is 0 Å². The van der Waals surface area contributed by atoms with Crippen molar-refractivity contribution in [1.29, 1.82) is 0 Å². The molecule has 0 bridgehead atoms. The molecule has 0 saturated carbocycles. The van der Waals surface area contributed by atoms with Crippen molar-refractivity contribution in [3.8, 4) is 0 Å². The summed E-state index contributed by atoms with van der Waals surface area (Å²) in [6.45, 7) is 12.5. The van der Waals surface area contributed by atoms with E-state index in [-0.39, 0.29) is 11.7 Å². The van der Waals surface area contributed by atoms with Crippen LogP contribution in [0.5, 0.6) is 0 Å². The first kappa shape index (κ1) is 15.4. The minimum absolute atomic E-state index is 0.114. The highest BCUT2D eigenvalue weighted by Crippen LogP contribution is 2.22. The number of hydrogen-bond donors (Lipinski definition) is 0. The first-order chi connectivity index (χ1) is 9.45. The largest absolute Gasteiger partial charge is 0.382 e. The molecular weight excluding hydrogens is 256 g/mol. The molecule has 0 aliphatic carbocycles. The molecule has 6 nitrogen and oxygen atoms in total. The summed E-state index contributed by atoms with van der Waals surface area (Å²) in [5.41, 5.74) is -0.159. The van der Waals surface area contributed by atoms with E-state index in [4.69, 9.17) is 9.47 Å². The maximum atomic E-state index is 6.03. The van der Waals surface area contributed by atoms with Crippen LogP contribution in [0.15, 0.2) is 0 Å².